The SMILES string of the molecule is O=C(C[C@@H]1C(=O)NCCN1Cc1ccccc1)NC1(CO)CCCC1. The number of benzene rings is 1. The molecule has 136 valence electrons. The number of nitrogens with zero attached hydrogens (tertiary/aromatic N) is 1. The van der Waals surface area contributed by atoms with E-state index in [9.17, 15) is 14.7 Å². The van der Waals surface area contributed by atoms with Gasteiger partial charge in [-0.05, 0) is 18.4 Å². The summed E-state index contributed by atoms with van der Waals surface area (Å²) >= 11 is 0. The Labute approximate surface area is 148 Å². The van der Waals surface area contributed by atoms with Crippen molar-refractivity contribution in [3.63, 3.8) is 0 Å². The minimum atomic E-state index is -0.494. The monoisotopic (exact) mass is 345 g/mol. The molecule has 0 spiro atoms. The molecule has 0 aromatic heterocycles. The predicted octanol–water partition coefficient (Wildman–Crippen LogP) is 0.798. The zero-order valence-electron chi connectivity index (χ0n) is 14.5. The first-order chi connectivity index (χ1) is 12.1. The molecule has 1 atom stereocenters. The maximum absolute atomic E-state index is 12.5. The Morgan fingerprint density at radius 2 is 2.00 bits per heavy atom. The molecule has 6 heteroatoms. The normalized spacial score (nSPS) is 23.2. The number of aliphatic hydroxyl groups is 1. The Morgan fingerprint density at radius 1 is 1.28 bits per heavy atom. The average molecular weight is 345 g/mol. The lowest BCUT2D eigenvalue weighted by Crippen LogP contribution is -2.57. The van der Waals surface area contributed by atoms with Gasteiger partial charge in [-0.15, -0.1) is 0 Å². The summed E-state index contributed by atoms with van der Waals surface area (Å²) in [6, 6.07) is 9.52. The second kappa shape index (κ2) is 7.97. The lowest BCUT2D eigenvalue weighted by Gasteiger charge is -2.36. The fraction of sp³-hybridized carbons (Fsp3) is 0.579. The Bertz CT molecular complexity index is 599. The number of carbonyl (C=O) groups is 2. The van der Waals surface area contributed by atoms with E-state index in [4.69, 9.17) is 0 Å². The Balaban J connectivity index is 1.64. The second-order valence-corrected chi connectivity index (χ2v) is 7.16. The molecule has 1 aromatic carbocycles. The van der Waals surface area contributed by atoms with Gasteiger partial charge >= 0.3 is 0 Å². The van der Waals surface area contributed by atoms with E-state index in [2.05, 4.69) is 15.5 Å². The van der Waals surface area contributed by atoms with Crippen molar-refractivity contribution >= 4 is 11.8 Å². The van der Waals surface area contributed by atoms with Gasteiger partial charge in [-0.3, -0.25) is 14.5 Å². The molecule has 1 aromatic rings. The molecule has 1 saturated heterocycles. The van der Waals surface area contributed by atoms with Gasteiger partial charge in [-0.25, -0.2) is 0 Å². The van der Waals surface area contributed by atoms with Crippen LogP contribution in [0.25, 0.3) is 0 Å². The van der Waals surface area contributed by atoms with Crippen LogP contribution in [0.5, 0.6) is 0 Å². The van der Waals surface area contributed by atoms with E-state index in [0.717, 1.165) is 37.8 Å². The number of hydrogen-bond acceptors (Lipinski definition) is 4. The van der Waals surface area contributed by atoms with Crippen molar-refractivity contribution in [2.24, 2.45) is 0 Å². The molecule has 1 saturated carbocycles. The molecule has 1 aliphatic heterocycles. The number of rotatable bonds is 6. The van der Waals surface area contributed by atoms with Crippen LogP contribution in [0.4, 0.5) is 0 Å². The van der Waals surface area contributed by atoms with E-state index < -0.39 is 11.6 Å². The third kappa shape index (κ3) is 4.38. The zero-order valence-corrected chi connectivity index (χ0v) is 14.5. The molecule has 6 nitrogen and oxygen atoms in total. The third-order valence-corrected chi connectivity index (χ3v) is 5.32. The van der Waals surface area contributed by atoms with Crippen LogP contribution in [0.3, 0.4) is 0 Å². The molecule has 0 bridgehead atoms. The van der Waals surface area contributed by atoms with E-state index in [1.165, 1.54) is 0 Å². The van der Waals surface area contributed by atoms with E-state index in [-0.39, 0.29) is 24.8 Å². The molecule has 3 rings (SSSR count). The first kappa shape index (κ1) is 17.9. The molecule has 0 unspecified atom stereocenters. The van der Waals surface area contributed by atoms with Gasteiger partial charge in [0.05, 0.1) is 24.6 Å². The highest BCUT2D eigenvalue weighted by atomic mass is 16.3. The summed E-state index contributed by atoms with van der Waals surface area (Å²) in [4.78, 5) is 26.9. The Morgan fingerprint density at radius 3 is 2.68 bits per heavy atom. The van der Waals surface area contributed by atoms with Crippen molar-refractivity contribution in [1.29, 1.82) is 0 Å². The number of aliphatic hydroxyl groups excluding tert-OH is 1. The van der Waals surface area contributed by atoms with Crippen molar-refractivity contribution in [2.45, 2.75) is 50.2 Å². The second-order valence-electron chi connectivity index (χ2n) is 7.16. The van der Waals surface area contributed by atoms with Gasteiger partial charge in [0, 0.05) is 19.6 Å². The lowest BCUT2D eigenvalue weighted by atomic mass is 9.97. The standard InChI is InChI=1S/C19H27N3O3/c23-14-19(8-4-5-9-19)21-17(24)12-16-18(25)20-10-11-22(16)13-15-6-2-1-3-7-15/h1-3,6-7,16,23H,4-5,8-14H2,(H,20,25)(H,21,24)/t16-/m1/s1. The molecule has 1 heterocycles. The summed E-state index contributed by atoms with van der Waals surface area (Å²) in [5, 5.41) is 15.5. The van der Waals surface area contributed by atoms with Crippen LogP contribution in [-0.2, 0) is 16.1 Å². The summed E-state index contributed by atoms with van der Waals surface area (Å²) in [5.74, 6) is -0.252. The largest absolute Gasteiger partial charge is 0.394 e. The van der Waals surface area contributed by atoms with Crippen LogP contribution < -0.4 is 10.6 Å². The zero-order chi connectivity index (χ0) is 17.7. The number of nitrogens with one attached hydrogen (secondary N) is 2. The van der Waals surface area contributed by atoms with Crippen LogP contribution in [0.15, 0.2) is 30.3 Å². The van der Waals surface area contributed by atoms with Gasteiger partial charge in [0.1, 0.15) is 0 Å². The minimum Gasteiger partial charge on any atom is -0.394 e. The van der Waals surface area contributed by atoms with E-state index in [1.807, 2.05) is 30.3 Å². The topological polar surface area (TPSA) is 81.7 Å². The molecule has 25 heavy (non-hydrogen) atoms. The molecule has 2 aliphatic rings. The van der Waals surface area contributed by atoms with Gasteiger partial charge in [-0.1, -0.05) is 43.2 Å². The summed E-state index contributed by atoms with van der Waals surface area (Å²) in [5.41, 5.74) is 0.636. The maximum atomic E-state index is 12.5. The van der Waals surface area contributed by atoms with Gasteiger partial charge in [-0.2, -0.15) is 0 Å². The number of piperazine rings is 1. The lowest BCUT2D eigenvalue weighted by molar-refractivity contribution is -0.135. The summed E-state index contributed by atoms with van der Waals surface area (Å²) in [6.45, 7) is 1.94. The summed E-state index contributed by atoms with van der Waals surface area (Å²) in [7, 11) is 0. The van der Waals surface area contributed by atoms with Crippen LogP contribution in [-0.4, -0.2) is 53.1 Å². The molecular formula is C19H27N3O3. The van der Waals surface area contributed by atoms with Gasteiger partial charge < -0.3 is 15.7 Å². The van der Waals surface area contributed by atoms with Crippen LogP contribution in [0.1, 0.15) is 37.7 Å². The van der Waals surface area contributed by atoms with Gasteiger partial charge in [0.25, 0.3) is 0 Å². The van der Waals surface area contributed by atoms with E-state index in [0.29, 0.717) is 13.1 Å². The maximum Gasteiger partial charge on any atom is 0.237 e. The van der Waals surface area contributed by atoms with Crippen molar-refractivity contribution in [3.8, 4) is 0 Å². The van der Waals surface area contributed by atoms with E-state index in [1.54, 1.807) is 0 Å². The van der Waals surface area contributed by atoms with Crippen molar-refractivity contribution in [1.82, 2.24) is 15.5 Å². The van der Waals surface area contributed by atoms with Gasteiger partial charge in [0.15, 0.2) is 0 Å². The Hall–Kier alpha value is -1.92. The fourth-order valence-corrected chi connectivity index (χ4v) is 3.89. The quantitative estimate of drug-likeness (QED) is 0.712. The van der Waals surface area contributed by atoms with Crippen molar-refractivity contribution in [2.75, 3.05) is 19.7 Å². The molecular weight excluding hydrogens is 318 g/mol. The van der Waals surface area contributed by atoms with Crippen LogP contribution in [0, 0.1) is 0 Å². The van der Waals surface area contributed by atoms with Crippen LogP contribution >= 0.6 is 0 Å². The summed E-state index contributed by atoms with van der Waals surface area (Å²) < 4.78 is 0. The molecule has 2 amide bonds. The smallest absolute Gasteiger partial charge is 0.237 e. The number of amides is 2. The number of carbonyl (C=O) groups excluding carboxylic acids is 2. The average Bonchev–Trinajstić information content (AvgIpc) is 3.08. The van der Waals surface area contributed by atoms with Crippen molar-refractivity contribution in [3.05, 3.63) is 35.9 Å². The van der Waals surface area contributed by atoms with Crippen LogP contribution in [0.2, 0.25) is 0 Å². The van der Waals surface area contributed by atoms with E-state index >= 15 is 0 Å². The highest BCUT2D eigenvalue weighted by Crippen LogP contribution is 2.29. The number of hydrogen-bond donors (Lipinski definition) is 3. The third-order valence-electron chi connectivity index (χ3n) is 5.32. The first-order valence-corrected chi connectivity index (χ1v) is 9.09. The fourth-order valence-electron chi connectivity index (χ4n) is 3.89. The molecule has 3 N–H and O–H groups in total. The molecule has 1 aliphatic carbocycles. The predicted molar refractivity (Wildman–Crippen MR) is 94.7 cm³/mol. The molecule has 2 fully saturated rings. The first-order valence-electron chi connectivity index (χ1n) is 9.09. The van der Waals surface area contributed by atoms with Crippen molar-refractivity contribution < 1.29 is 14.7 Å². The minimum absolute atomic E-state index is 0.0384. The highest BCUT2D eigenvalue weighted by Gasteiger charge is 2.37. The molecule has 0 radical (unpaired) electrons. The summed E-state index contributed by atoms with van der Waals surface area (Å²) in [6.07, 6.45) is 3.77. The van der Waals surface area contributed by atoms with Gasteiger partial charge in [0.2, 0.25) is 11.8 Å². The Kier molecular flexibility index (Phi) is 5.71. The highest BCUT2D eigenvalue weighted by molar-refractivity contribution is 5.89.